The Labute approximate surface area is 89.0 Å². The molecule has 0 aromatic carbocycles. The van der Waals surface area contributed by atoms with Crippen molar-refractivity contribution >= 4 is 11.9 Å². The first kappa shape index (κ1) is 13.9. The minimum Gasteiger partial charge on any atom is -0.480 e. The number of hydrogen-bond acceptors (Lipinski definition) is 4. The van der Waals surface area contributed by atoms with Gasteiger partial charge in [-0.1, -0.05) is 6.92 Å². The molecule has 15 heavy (non-hydrogen) atoms. The molecule has 0 aromatic heterocycles. The molecule has 88 valence electrons. The van der Waals surface area contributed by atoms with E-state index in [0.29, 0.717) is 0 Å². The van der Waals surface area contributed by atoms with Crippen molar-refractivity contribution in [1.29, 1.82) is 0 Å². The summed E-state index contributed by atoms with van der Waals surface area (Å²) in [7, 11) is 0. The highest BCUT2D eigenvalue weighted by Gasteiger charge is 2.49. The monoisotopic (exact) mass is 218 g/mol. The molecule has 0 bridgehead atoms. The van der Waals surface area contributed by atoms with Crippen LogP contribution in [0.15, 0.2) is 0 Å². The second-order valence-electron chi connectivity index (χ2n) is 3.76. The van der Waals surface area contributed by atoms with Gasteiger partial charge in [-0.3, -0.25) is 9.59 Å². The van der Waals surface area contributed by atoms with Gasteiger partial charge in [0.15, 0.2) is 5.41 Å². The van der Waals surface area contributed by atoms with Crippen molar-refractivity contribution in [3.8, 4) is 0 Å². The Kier molecular flexibility index (Phi) is 4.74. The van der Waals surface area contributed by atoms with E-state index in [9.17, 15) is 14.7 Å². The van der Waals surface area contributed by atoms with E-state index in [1.807, 2.05) is 0 Å². The lowest BCUT2D eigenvalue weighted by Crippen LogP contribution is -2.46. The maximum absolute atomic E-state index is 11.5. The van der Waals surface area contributed by atoms with Gasteiger partial charge in [0.2, 0.25) is 0 Å². The first-order valence-corrected chi connectivity index (χ1v) is 4.87. The van der Waals surface area contributed by atoms with Crippen LogP contribution < -0.4 is 0 Å². The number of hydrogen-bond donors (Lipinski definition) is 2. The Bertz CT molecular complexity index is 248. The number of ether oxygens (including phenoxy) is 1. The molecule has 0 aliphatic rings. The number of carboxylic acid groups (broad SMARTS) is 1. The number of aliphatic carboxylic acids is 1. The molecule has 5 heteroatoms. The molecular weight excluding hydrogens is 200 g/mol. The first-order valence-electron chi connectivity index (χ1n) is 4.87. The van der Waals surface area contributed by atoms with E-state index in [-0.39, 0.29) is 6.61 Å². The third kappa shape index (κ3) is 2.68. The summed E-state index contributed by atoms with van der Waals surface area (Å²) in [6.07, 6.45) is -0.893. The van der Waals surface area contributed by atoms with E-state index in [1.54, 1.807) is 6.92 Å². The van der Waals surface area contributed by atoms with E-state index < -0.39 is 29.4 Å². The minimum atomic E-state index is -1.70. The van der Waals surface area contributed by atoms with Gasteiger partial charge in [-0.15, -0.1) is 0 Å². The van der Waals surface area contributed by atoms with Crippen LogP contribution in [0.2, 0.25) is 0 Å². The molecule has 5 nitrogen and oxygen atoms in total. The molecule has 0 aliphatic carbocycles. The summed E-state index contributed by atoms with van der Waals surface area (Å²) in [4.78, 5) is 22.6. The predicted molar refractivity (Wildman–Crippen MR) is 53.2 cm³/mol. The molecule has 0 aliphatic heterocycles. The number of aliphatic hydroxyl groups excluding tert-OH is 1. The fourth-order valence-electron chi connectivity index (χ4n) is 1.23. The van der Waals surface area contributed by atoms with Gasteiger partial charge in [-0.25, -0.2) is 0 Å². The molecular formula is C10H18O5. The smallest absolute Gasteiger partial charge is 0.323 e. The van der Waals surface area contributed by atoms with Gasteiger partial charge >= 0.3 is 11.9 Å². The second kappa shape index (κ2) is 5.11. The Morgan fingerprint density at radius 2 is 1.87 bits per heavy atom. The lowest BCUT2D eigenvalue weighted by Gasteiger charge is -2.30. The van der Waals surface area contributed by atoms with Crippen LogP contribution in [0.1, 0.15) is 27.7 Å². The maximum atomic E-state index is 11.5. The average Bonchev–Trinajstić information content (AvgIpc) is 2.15. The largest absolute Gasteiger partial charge is 0.480 e. The molecule has 0 radical (unpaired) electrons. The fraction of sp³-hybridized carbons (Fsp3) is 0.800. The highest BCUT2D eigenvalue weighted by atomic mass is 16.5. The fourth-order valence-corrected chi connectivity index (χ4v) is 1.23. The predicted octanol–water partition coefficient (Wildman–Crippen LogP) is 0.657. The van der Waals surface area contributed by atoms with Crippen molar-refractivity contribution in [2.45, 2.75) is 33.8 Å². The lowest BCUT2D eigenvalue weighted by molar-refractivity contribution is -0.174. The third-order valence-corrected chi connectivity index (χ3v) is 2.78. The van der Waals surface area contributed by atoms with Crippen LogP contribution in [0.3, 0.4) is 0 Å². The molecule has 0 amide bonds. The van der Waals surface area contributed by atoms with Crippen molar-refractivity contribution in [3.63, 3.8) is 0 Å². The standard InChI is InChI=1S/C10H18O5/c1-5-15-9(14)10(4,8(12)13)6(2)7(3)11/h6-7,11H,5H2,1-4H3,(H,12,13). The van der Waals surface area contributed by atoms with E-state index in [1.165, 1.54) is 20.8 Å². The first-order chi connectivity index (χ1) is 6.78. The number of esters is 1. The Hall–Kier alpha value is -1.10. The van der Waals surface area contributed by atoms with Crippen LogP contribution in [-0.4, -0.2) is 34.9 Å². The summed E-state index contributed by atoms with van der Waals surface area (Å²) in [5.41, 5.74) is -1.70. The maximum Gasteiger partial charge on any atom is 0.323 e. The molecule has 0 spiro atoms. The van der Waals surface area contributed by atoms with Crippen molar-refractivity contribution < 1.29 is 24.5 Å². The molecule has 0 heterocycles. The zero-order valence-electron chi connectivity index (χ0n) is 9.48. The van der Waals surface area contributed by atoms with Gasteiger partial charge in [0, 0.05) is 5.92 Å². The normalized spacial score (nSPS) is 18.7. The number of rotatable bonds is 5. The molecule has 0 aromatic rings. The summed E-state index contributed by atoms with van der Waals surface area (Å²) in [5, 5.41) is 18.4. The summed E-state index contributed by atoms with van der Waals surface area (Å²) in [6, 6.07) is 0. The lowest BCUT2D eigenvalue weighted by atomic mass is 9.75. The van der Waals surface area contributed by atoms with E-state index in [4.69, 9.17) is 9.84 Å². The van der Waals surface area contributed by atoms with Crippen LogP contribution in [0.5, 0.6) is 0 Å². The molecule has 2 N–H and O–H groups in total. The molecule has 0 saturated heterocycles. The summed E-state index contributed by atoms with van der Waals surface area (Å²) in [5.74, 6) is -2.81. The van der Waals surface area contributed by atoms with Crippen molar-refractivity contribution in [1.82, 2.24) is 0 Å². The van der Waals surface area contributed by atoms with Crippen LogP contribution in [-0.2, 0) is 14.3 Å². The highest BCUT2D eigenvalue weighted by Crippen LogP contribution is 2.31. The van der Waals surface area contributed by atoms with Crippen LogP contribution in [0, 0.1) is 11.3 Å². The van der Waals surface area contributed by atoms with Crippen molar-refractivity contribution in [2.24, 2.45) is 11.3 Å². The zero-order chi connectivity index (χ0) is 12.2. The van der Waals surface area contributed by atoms with Crippen LogP contribution in [0.25, 0.3) is 0 Å². The Morgan fingerprint density at radius 1 is 1.40 bits per heavy atom. The quantitative estimate of drug-likeness (QED) is 0.523. The molecule has 0 fully saturated rings. The zero-order valence-corrected chi connectivity index (χ0v) is 9.48. The molecule has 0 rings (SSSR count). The molecule has 0 saturated carbocycles. The number of carboxylic acids is 1. The van der Waals surface area contributed by atoms with Crippen molar-refractivity contribution in [3.05, 3.63) is 0 Å². The van der Waals surface area contributed by atoms with Crippen LogP contribution >= 0.6 is 0 Å². The molecule has 3 unspecified atom stereocenters. The van der Waals surface area contributed by atoms with Gasteiger partial charge in [-0.05, 0) is 20.8 Å². The number of aliphatic hydroxyl groups is 1. The topological polar surface area (TPSA) is 83.8 Å². The van der Waals surface area contributed by atoms with Gasteiger partial charge in [0.1, 0.15) is 0 Å². The van der Waals surface area contributed by atoms with Gasteiger partial charge < -0.3 is 14.9 Å². The summed E-state index contributed by atoms with van der Waals surface area (Å²) >= 11 is 0. The molecule has 3 atom stereocenters. The minimum absolute atomic E-state index is 0.119. The van der Waals surface area contributed by atoms with E-state index in [2.05, 4.69) is 0 Å². The summed E-state index contributed by atoms with van der Waals surface area (Å²) < 4.78 is 4.71. The van der Waals surface area contributed by atoms with Gasteiger partial charge in [-0.2, -0.15) is 0 Å². The average molecular weight is 218 g/mol. The second-order valence-corrected chi connectivity index (χ2v) is 3.76. The van der Waals surface area contributed by atoms with Gasteiger partial charge in [0.25, 0.3) is 0 Å². The van der Waals surface area contributed by atoms with Gasteiger partial charge in [0.05, 0.1) is 12.7 Å². The Morgan fingerprint density at radius 3 is 2.13 bits per heavy atom. The van der Waals surface area contributed by atoms with E-state index in [0.717, 1.165) is 0 Å². The third-order valence-electron chi connectivity index (χ3n) is 2.78. The van der Waals surface area contributed by atoms with E-state index >= 15 is 0 Å². The summed E-state index contributed by atoms with van der Waals surface area (Å²) in [6.45, 7) is 5.95. The van der Waals surface area contributed by atoms with Crippen LogP contribution in [0.4, 0.5) is 0 Å². The number of carbonyl (C=O) groups is 2. The SMILES string of the molecule is CCOC(=O)C(C)(C(=O)O)C(C)C(C)O. The van der Waals surface area contributed by atoms with Crippen molar-refractivity contribution in [2.75, 3.05) is 6.61 Å². The highest BCUT2D eigenvalue weighted by molar-refractivity contribution is 5.99. The Balaban J connectivity index is 5.06. The number of carbonyl (C=O) groups excluding carboxylic acids is 1.